The first-order valence-electron chi connectivity index (χ1n) is 10.8. The number of sulfonamides is 1. The van der Waals surface area contributed by atoms with Gasteiger partial charge in [-0.25, -0.2) is 8.42 Å². The molecule has 0 saturated heterocycles. The number of nitrogens with one attached hydrogen (secondary N) is 1. The third-order valence-corrected chi connectivity index (χ3v) is 6.77. The van der Waals surface area contributed by atoms with E-state index in [1.807, 2.05) is 31.2 Å². The molecule has 9 heteroatoms. The van der Waals surface area contributed by atoms with Gasteiger partial charge in [-0.15, -0.1) is 0 Å². The molecule has 0 spiro atoms. The van der Waals surface area contributed by atoms with Crippen LogP contribution >= 0.6 is 0 Å². The first-order chi connectivity index (χ1) is 16.4. The molecular weight excluding hydrogens is 456 g/mol. The van der Waals surface area contributed by atoms with Crippen LogP contribution in [0.5, 0.6) is 17.2 Å². The Bertz CT molecular complexity index is 1270. The van der Waals surface area contributed by atoms with E-state index < -0.39 is 10.0 Å². The number of rotatable bonds is 8. The molecule has 0 aliphatic carbocycles. The van der Waals surface area contributed by atoms with E-state index in [0.29, 0.717) is 49.1 Å². The second-order valence-corrected chi connectivity index (χ2v) is 9.34. The van der Waals surface area contributed by atoms with Gasteiger partial charge in [-0.2, -0.15) is 0 Å². The topological polar surface area (TPSA) is 94.2 Å². The van der Waals surface area contributed by atoms with Crippen molar-refractivity contribution < 1.29 is 27.4 Å². The molecule has 3 aromatic carbocycles. The van der Waals surface area contributed by atoms with Gasteiger partial charge in [0.2, 0.25) is 0 Å². The molecule has 1 heterocycles. The highest BCUT2D eigenvalue weighted by Crippen LogP contribution is 2.32. The van der Waals surface area contributed by atoms with Gasteiger partial charge in [0, 0.05) is 30.4 Å². The lowest BCUT2D eigenvalue weighted by atomic mass is 10.1. The standard InChI is InChI=1S/C25H26N2O6S/c1-3-27(17-18-7-9-21(31-2)10-8-18)25(28)19-5-4-6-20(15-19)26-34(29,30)22-11-12-23-24(16-22)33-14-13-32-23/h4-12,15-16,26H,3,13-14,17H2,1-2H3. The number of carbonyl (C=O) groups excluding carboxylic acids is 1. The fourth-order valence-corrected chi connectivity index (χ4v) is 4.65. The van der Waals surface area contributed by atoms with Crippen molar-refractivity contribution in [3.05, 3.63) is 77.9 Å². The predicted molar refractivity (Wildman–Crippen MR) is 128 cm³/mol. The van der Waals surface area contributed by atoms with Crippen LogP contribution in [0.15, 0.2) is 71.6 Å². The summed E-state index contributed by atoms with van der Waals surface area (Å²) in [5.41, 5.74) is 1.64. The van der Waals surface area contributed by atoms with Crippen molar-refractivity contribution in [3.63, 3.8) is 0 Å². The number of hydrogen-bond acceptors (Lipinski definition) is 6. The fourth-order valence-electron chi connectivity index (χ4n) is 3.58. The summed E-state index contributed by atoms with van der Waals surface area (Å²) in [5, 5.41) is 0. The molecule has 8 nitrogen and oxygen atoms in total. The van der Waals surface area contributed by atoms with Crippen LogP contribution < -0.4 is 18.9 Å². The Kier molecular flexibility index (Phi) is 6.93. The van der Waals surface area contributed by atoms with E-state index in [9.17, 15) is 13.2 Å². The number of fused-ring (bicyclic) bond motifs is 1. The molecule has 0 radical (unpaired) electrons. The first-order valence-corrected chi connectivity index (χ1v) is 12.3. The van der Waals surface area contributed by atoms with E-state index in [4.69, 9.17) is 14.2 Å². The maximum Gasteiger partial charge on any atom is 0.262 e. The number of hydrogen-bond donors (Lipinski definition) is 1. The minimum Gasteiger partial charge on any atom is -0.497 e. The quantitative estimate of drug-likeness (QED) is 0.523. The molecule has 3 aromatic rings. The second kappa shape index (κ2) is 10.0. The summed E-state index contributed by atoms with van der Waals surface area (Å²) in [6, 6.07) is 18.4. The van der Waals surface area contributed by atoms with E-state index >= 15 is 0 Å². The van der Waals surface area contributed by atoms with Crippen LogP contribution in [0, 0.1) is 0 Å². The van der Waals surface area contributed by atoms with Gasteiger partial charge >= 0.3 is 0 Å². The molecule has 4 rings (SSSR count). The normalized spacial score (nSPS) is 12.6. The van der Waals surface area contributed by atoms with Crippen molar-refractivity contribution in [3.8, 4) is 17.2 Å². The lowest BCUT2D eigenvalue weighted by Gasteiger charge is -2.22. The highest BCUT2D eigenvalue weighted by molar-refractivity contribution is 7.92. The number of amides is 1. The molecule has 1 aliphatic heterocycles. The summed E-state index contributed by atoms with van der Waals surface area (Å²) < 4.78 is 44.5. The van der Waals surface area contributed by atoms with Gasteiger partial charge in [-0.3, -0.25) is 9.52 Å². The third kappa shape index (κ3) is 5.26. The average Bonchev–Trinajstić information content (AvgIpc) is 2.86. The minimum absolute atomic E-state index is 0.0446. The van der Waals surface area contributed by atoms with Crippen molar-refractivity contribution in [2.45, 2.75) is 18.4 Å². The Labute approximate surface area is 199 Å². The van der Waals surface area contributed by atoms with Crippen molar-refractivity contribution in [2.24, 2.45) is 0 Å². The zero-order valence-corrected chi connectivity index (χ0v) is 19.8. The second-order valence-electron chi connectivity index (χ2n) is 7.66. The highest BCUT2D eigenvalue weighted by atomic mass is 32.2. The summed E-state index contributed by atoms with van der Waals surface area (Å²) in [6.45, 7) is 3.60. The van der Waals surface area contributed by atoms with Gasteiger partial charge < -0.3 is 19.1 Å². The summed E-state index contributed by atoms with van der Waals surface area (Å²) in [7, 11) is -2.29. The Balaban J connectivity index is 1.50. The maximum atomic E-state index is 13.1. The molecule has 0 atom stereocenters. The van der Waals surface area contributed by atoms with Gasteiger partial charge in [0.25, 0.3) is 15.9 Å². The van der Waals surface area contributed by atoms with Crippen LogP contribution in [-0.2, 0) is 16.6 Å². The van der Waals surface area contributed by atoms with Crippen molar-refractivity contribution in [1.82, 2.24) is 4.90 Å². The Morgan fingerprint density at radius 3 is 2.44 bits per heavy atom. The maximum absolute atomic E-state index is 13.1. The zero-order chi connectivity index (χ0) is 24.1. The summed E-state index contributed by atoms with van der Waals surface area (Å²) >= 11 is 0. The van der Waals surface area contributed by atoms with Crippen LogP contribution in [0.2, 0.25) is 0 Å². The largest absolute Gasteiger partial charge is 0.497 e. The molecule has 1 aliphatic rings. The van der Waals surface area contributed by atoms with Crippen molar-refractivity contribution >= 4 is 21.6 Å². The molecule has 0 fully saturated rings. The van der Waals surface area contributed by atoms with Gasteiger partial charge in [-0.1, -0.05) is 18.2 Å². The van der Waals surface area contributed by atoms with E-state index in [2.05, 4.69) is 4.72 Å². The van der Waals surface area contributed by atoms with E-state index in [1.165, 1.54) is 18.2 Å². The van der Waals surface area contributed by atoms with Crippen LogP contribution in [0.1, 0.15) is 22.8 Å². The SMILES string of the molecule is CCN(Cc1ccc(OC)cc1)C(=O)c1cccc(NS(=O)(=O)c2ccc3c(c2)OCCO3)c1. The van der Waals surface area contributed by atoms with E-state index in [1.54, 1.807) is 36.3 Å². The summed E-state index contributed by atoms with van der Waals surface area (Å²) in [6.07, 6.45) is 0. The van der Waals surface area contributed by atoms with E-state index in [-0.39, 0.29) is 10.8 Å². The number of methoxy groups -OCH3 is 1. The number of anilines is 1. The summed E-state index contributed by atoms with van der Waals surface area (Å²) in [4.78, 5) is 14.9. The highest BCUT2D eigenvalue weighted by Gasteiger charge is 2.21. The van der Waals surface area contributed by atoms with Crippen LogP contribution in [0.25, 0.3) is 0 Å². The smallest absolute Gasteiger partial charge is 0.262 e. The average molecular weight is 483 g/mol. The molecule has 1 amide bonds. The van der Waals surface area contributed by atoms with Crippen molar-refractivity contribution in [2.75, 3.05) is 31.6 Å². The van der Waals surface area contributed by atoms with Gasteiger partial charge in [0.05, 0.1) is 12.0 Å². The monoisotopic (exact) mass is 482 g/mol. The lowest BCUT2D eigenvalue weighted by molar-refractivity contribution is 0.0752. The molecule has 0 aromatic heterocycles. The van der Waals surface area contributed by atoms with E-state index in [0.717, 1.165) is 11.3 Å². The van der Waals surface area contributed by atoms with Gasteiger partial charge in [-0.05, 0) is 55.0 Å². The molecule has 178 valence electrons. The van der Waals surface area contributed by atoms with Crippen LogP contribution in [0.4, 0.5) is 5.69 Å². The molecular formula is C25H26N2O6S. The molecule has 0 bridgehead atoms. The van der Waals surface area contributed by atoms with Crippen molar-refractivity contribution in [1.29, 1.82) is 0 Å². The minimum atomic E-state index is -3.89. The van der Waals surface area contributed by atoms with Crippen LogP contribution in [-0.4, -0.2) is 46.1 Å². The Morgan fingerprint density at radius 2 is 1.74 bits per heavy atom. The van der Waals surface area contributed by atoms with Crippen LogP contribution in [0.3, 0.4) is 0 Å². The van der Waals surface area contributed by atoms with Gasteiger partial charge in [0.1, 0.15) is 19.0 Å². The van der Waals surface area contributed by atoms with Gasteiger partial charge in [0.15, 0.2) is 11.5 Å². The summed E-state index contributed by atoms with van der Waals surface area (Å²) in [5.74, 6) is 1.44. The first kappa shape index (κ1) is 23.4. The molecule has 0 saturated carbocycles. The third-order valence-electron chi connectivity index (χ3n) is 5.39. The number of carbonyl (C=O) groups is 1. The molecule has 1 N–H and O–H groups in total. The fraction of sp³-hybridized carbons (Fsp3) is 0.240. The zero-order valence-electron chi connectivity index (χ0n) is 19.0. The Morgan fingerprint density at radius 1 is 1.00 bits per heavy atom. The number of nitrogens with zero attached hydrogens (tertiary/aromatic N) is 1. The predicted octanol–water partition coefficient (Wildman–Crippen LogP) is 3.93. The number of ether oxygens (including phenoxy) is 3. The lowest BCUT2D eigenvalue weighted by Crippen LogP contribution is -2.30. The molecule has 34 heavy (non-hydrogen) atoms. The molecule has 0 unspecified atom stereocenters. The number of benzene rings is 3. The Hall–Kier alpha value is -3.72.